The Labute approximate surface area is 179 Å². The van der Waals surface area contributed by atoms with Crippen LogP contribution in [0.4, 0.5) is 5.69 Å². The van der Waals surface area contributed by atoms with Gasteiger partial charge in [-0.25, -0.2) is 0 Å². The Hall–Kier alpha value is -3.07. The SMILES string of the molecule is O=C1[C@@H]2[C@@H](C(=O)N1/N=C\c1ccc(-c3ccc([N+](=O)[O-])cc3Br)o1)[C@H]1C=C[C@H]2CC1. The molecule has 0 N–H and O–H groups in total. The molecule has 152 valence electrons. The second-order valence-corrected chi connectivity index (χ2v) is 8.55. The zero-order chi connectivity index (χ0) is 21.0. The number of nitro benzene ring substituents is 1. The van der Waals surface area contributed by atoms with Gasteiger partial charge < -0.3 is 4.42 Å². The summed E-state index contributed by atoms with van der Waals surface area (Å²) in [6.45, 7) is 0. The fourth-order valence-corrected chi connectivity index (χ4v) is 5.23. The average Bonchev–Trinajstić information content (AvgIpc) is 3.31. The van der Waals surface area contributed by atoms with Crippen LogP contribution in [0.3, 0.4) is 0 Å². The lowest BCUT2D eigenvalue weighted by atomic mass is 9.63. The number of allylic oxidation sites excluding steroid dienone is 2. The van der Waals surface area contributed by atoms with Gasteiger partial charge in [0.2, 0.25) is 0 Å². The van der Waals surface area contributed by atoms with Crippen molar-refractivity contribution in [3.63, 3.8) is 0 Å². The molecule has 2 aromatic rings. The summed E-state index contributed by atoms with van der Waals surface area (Å²) in [6, 6.07) is 7.74. The first-order valence-corrected chi connectivity index (χ1v) is 10.4. The molecule has 0 spiro atoms. The number of nitrogens with zero attached hydrogens (tertiary/aromatic N) is 3. The first-order valence-electron chi connectivity index (χ1n) is 9.58. The van der Waals surface area contributed by atoms with Crippen LogP contribution < -0.4 is 0 Å². The molecule has 1 aromatic heterocycles. The van der Waals surface area contributed by atoms with Gasteiger partial charge in [0.25, 0.3) is 17.5 Å². The first kappa shape index (κ1) is 18.9. The summed E-state index contributed by atoms with van der Waals surface area (Å²) in [5.41, 5.74) is 0.609. The number of fused-ring (bicyclic) bond motifs is 1. The predicted octanol–water partition coefficient (Wildman–Crippen LogP) is 4.15. The Morgan fingerprint density at radius 2 is 1.77 bits per heavy atom. The molecule has 8 nitrogen and oxygen atoms in total. The average molecular weight is 470 g/mol. The van der Waals surface area contributed by atoms with Crippen molar-refractivity contribution in [2.45, 2.75) is 12.8 Å². The Morgan fingerprint density at radius 3 is 2.33 bits per heavy atom. The largest absolute Gasteiger partial charge is 0.455 e. The van der Waals surface area contributed by atoms with Crippen molar-refractivity contribution >= 4 is 39.6 Å². The summed E-state index contributed by atoms with van der Waals surface area (Å²) >= 11 is 3.32. The number of benzene rings is 1. The van der Waals surface area contributed by atoms with Crippen LogP contribution in [0.15, 0.2) is 56.5 Å². The van der Waals surface area contributed by atoms with Gasteiger partial charge in [-0.3, -0.25) is 19.7 Å². The van der Waals surface area contributed by atoms with E-state index in [2.05, 4.69) is 33.2 Å². The molecule has 1 saturated carbocycles. The zero-order valence-electron chi connectivity index (χ0n) is 15.6. The number of furan rings is 1. The molecule has 1 aromatic carbocycles. The molecule has 1 saturated heterocycles. The van der Waals surface area contributed by atoms with E-state index in [1.54, 1.807) is 18.2 Å². The van der Waals surface area contributed by atoms with Gasteiger partial charge in [0.15, 0.2) is 0 Å². The van der Waals surface area contributed by atoms with Gasteiger partial charge in [-0.05, 0) is 58.8 Å². The summed E-state index contributed by atoms with van der Waals surface area (Å²) in [5.74, 6) is -0.0172. The highest BCUT2D eigenvalue weighted by Gasteiger charge is 2.56. The van der Waals surface area contributed by atoms with Crippen LogP contribution in [0.25, 0.3) is 11.3 Å². The van der Waals surface area contributed by atoms with Crippen LogP contribution in [0.2, 0.25) is 0 Å². The van der Waals surface area contributed by atoms with E-state index in [9.17, 15) is 19.7 Å². The molecule has 0 unspecified atom stereocenters. The summed E-state index contributed by atoms with van der Waals surface area (Å²) in [6.07, 6.45) is 7.35. The molecule has 0 radical (unpaired) electrons. The maximum Gasteiger partial charge on any atom is 0.270 e. The number of halogens is 1. The number of carbonyl (C=O) groups is 2. The molecule has 3 aliphatic carbocycles. The highest BCUT2D eigenvalue weighted by Crippen LogP contribution is 2.49. The molecule has 30 heavy (non-hydrogen) atoms. The van der Waals surface area contributed by atoms with Crippen LogP contribution in [-0.4, -0.2) is 28.0 Å². The Morgan fingerprint density at radius 1 is 1.10 bits per heavy atom. The Kier molecular flexibility index (Phi) is 4.43. The Balaban J connectivity index is 1.36. The van der Waals surface area contributed by atoms with Crippen molar-refractivity contribution in [3.8, 4) is 11.3 Å². The predicted molar refractivity (Wildman–Crippen MR) is 110 cm³/mol. The lowest BCUT2D eigenvalue weighted by molar-refractivity contribution is -0.384. The van der Waals surface area contributed by atoms with Crippen LogP contribution in [0.1, 0.15) is 18.6 Å². The monoisotopic (exact) mass is 469 g/mol. The van der Waals surface area contributed by atoms with E-state index in [-0.39, 0.29) is 41.2 Å². The van der Waals surface area contributed by atoms with E-state index < -0.39 is 4.92 Å². The molecular formula is C21H16BrN3O5. The lowest BCUT2D eigenvalue weighted by Gasteiger charge is -2.37. The highest BCUT2D eigenvalue weighted by atomic mass is 79.9. The van der Waals surface area contributed by atoms with Gasteiger partial charge in [-0.2, -0.15) is 10.1 Å². The van der Waals surface area contributed by atoms with E-state index in [1.165, 1.54) is 18.3 Å². The molecule has 6 rings (SSSR count). The highest BCUT2D eigenvalue weighted by molar-refractivity contribution is 9.10. The number of amides is 2. The van der Waals surface area contributed by atoms with Crippen LogP contribution in [0, 0.1) is 33.8 Å². The molecule has 4 aliphatic rings. The zero-order valence-corrected chi connectivity index (χ0v) is 17.2. The number of hydrazone groups is 1. The van der Waals surface area contributed by atoms with Gasteiger partial charge in [-0.15, -0.1) is 0 Å². The molecule has 9 heteroatoms. The minimum Gasteiger partial charge on any atom is -0.455 e. The number of non-ortho nitro benzene ring substituents is 1. The summed E-state index contributed by atoms with van der Waals surface area (Å²) in [5, 5.41) is 16.0. The number of carbonyl (C=O) groups excluding carboxylic acids is 2. The smallest absolute Gasteiger partial charge is 0.270 e. The van der Waals surface area contributed by atoms with E-state index in [1.807, 2.05) is 0 Å². The minimum absolute atomic E-state index is 0.0325. The number of hydrogen-bond donors (Lipinski definition) is 0. The third kappa shape index (κ3) is 2.92. The van der Waals surface area contributed by atoms with Gasteiger partial charge in [0.05, 0.1) is 23.0 Å². The standard InChI is InChI=1S/C21H16BrN3O5/c22-16-9-13(25(28)29)5-7-15(16)17-8-6-14(30-17)10-23-24-20(26)18-11-1-2-12(4-3-11)19(18)21(24)27/h1-2,5-12,18-19H,3-4H2/b23-10-/t11-,12-,18-,19-/m0/s1. The number of rotatable bonds is 4. The van der Waals surface area contributed by atoms with Gasteiger partial charge in [0, 0.05) is 22.2 Å². The van der Waals surface area contributed by atoms with Crippen LogP contribution in [0.5, 0.6) is 0 Å². The van der Waals surface area contributed by atoms with E-state index >= 15 is 0 Å². The third-order valence-electron chi connectivity index (χ3n) is 6.09. The van der Waals surface area contributed by atoms with Gasteiger partial charge >= 0.3 is 0 Å². The number of imide groups is 1. The molecule has 2 fully saturated rings. The fraction of sp³-hybridized carbons (Fsp3) is 0.286. The van der Waals surface area contributed by atoms with Crippen molar-refractivity contribution in [1.29, 1.82) is 0 Å². The molecular weight excluding hydrogens is 454 g/mol. The van der Waals surface area contributed by atoms with Crippen molar-refractivity contribution < 1.29 is 18.9 Å². The molecule has 4 atom stereocenters. The maximum atomic E-state index is 12.8. The van der Waals surface area contributed by atoms with Gasteiger partial charge in [0.1, 0.15) is 11.5 Å². The van der Waals surface area contributed by atoms with Gasteiger partial charge in [-0.1, -0.05) is 12.2 Å². The van der Waals surface area contributed by atoms with Crippen molar-refractivity contribution in [3.05, 3.63) is 62.8 Å². The van der Waals surface area contributed by atoms with E-state index in [0.29, 0.717) is 21.6 Å². The second kappa shape index (κ2) is 7.02. The minimum atomic E-state index is -0.474. The first-order chi connectivity index (χ1) is 14.4. The van der Waals surface area contributed by atoms with Crippen molar-refractivity contribution in [2.24, 2.45) is 28.8 Å². The van der Waals surface area contributed by atoms with Crippen molar-refractivity contribution in [2.75, 3.05) is 0 Å². The fourth-order valence-electron chi connectivity index (χ4n) is 4.67. The third-order valence-corrected chi connectivity index (χ3v) is 6.75. The van der Waals surface area contributed by atoms with Crippen LogP contribution in [-0.2, 0) is 9.59 Å². The van der Waals surface area contributed by atoms with E-state index in [0.717, 1.165) is 17.9 Å². The van der Waals surface area contributed by atoms with Crippen molar-refractivity contribution in [1.82, 2.24) is 5.01 Å². The number of hydrogen-bond acceptors (Lipinski definition) is 6. The molecule has 2 amide bonds. The Bertz CT molecular complexity index is 1110. The quantitative estimate of drug-likeness (QED) is 0.220. The summed E-state index contributed by atoms with van der Waals surface area (Å²) < 4.78 is 6.26. The normalized spacial score (nSPS) is 27.3. The van der Waals surface area contributed by atoms with Crippen LogP contribution >= 0.6 is 15.9 Å². The molecule has 2 heterocycles. The number of nitro groups is 1. The topological polar surface area (TPSA) is 106 Å². The lowest BCUT2D eigenvalue weighted by Crippen LogP contribution is -2.38. The summed E-state index contributed by atoms with van der Waals surface area (Å²) in [7, 11) is 0. The molecule has 1 aliphatic heterocycles. The second-order valence-electron chi connectivity index (χ2n) is 7.70. The molecule has 2 bridgehead atoms. The summed E-state index contributed by atoms with van der Waals surface area (Å²) in [4.78, 5) is 36.0. The van der Waals surface area contributed by atoms with E-state index in [4.69, 9.17) is 4.42 Å². The maximum absolute atomic E-state index is 12.8.